The minimum Gasteiger partial charge on any atom is -0.369 e. The van der Waals surface area contributed by atoms with Crippen LogP contribution in [-0.4, -0.2) is 104 Å². The van der Waals surface area contributed by atoms with Gasteiger partial charge in [0.2, 0.25) is 0 Å². The van der Waals surface area contributed by atoms with Gasteiger partial charge in [-0.25, -0.2) is 0 Å². The van der Waals surface area contributed by atoms with E-state index < -0.39 is 0 Å². The highest BCUT2D eigenvalue weighted by atomic mass is 15.3. The van der Waals surface area contributed by atoms with Crippen molar-refractivity contribution in [2.75, 3.05) is 76.9 Å². The average Bonchev–Trinajstić information content (AvgIpc) is 3.02. The molecule has 4 fully saturated rings. The Morgan fingerprint density at radius 2 is 1.28 bits per heavy atom. The van der Waals surface area contributed by atoms with Gasteiger partial charge in [0.1, 0.15) is 0 Å². The van der Waals surface area contributed by atoms with Crippen LogP contribution in [-0.2, 0) is 6.54 Å². The molecule has 4 saturated heterocycles. The number of hydrogen-bond acceptors (Lipinski definition) is 5. The first-order valence-electron chi connectivity index (χ1n) is 18.9. The molecule has 1 atom stereocenters. The molecule has 1 spiro atoms. The van der Waals surface area contributed by atoms with E-state index in [1.807, 2.05) is 0 Å². The van der Waals surface area contributed by atoms with Crippen LogP contribution in [0.2, 0.25) is 0 Å². The van der Waals surface area contributed by atoms with Crippen molar-refractivity contribution >= 4 is 5.69 Å². The lowest BCUT2D eigenvalue weighted by Crippen LogP contribution is -2.72. The smallest absolute Gasteiger partial charge is 0.0369 e. The molecule has 5 heteroatoms. The van der Waals surface area contributed by atoms with Crippen LogP contribution in [0.3, 0.4) is 0 Å². The van der Waals surface area contributed by atoms with Gasteiger partial charge in [0.25, 0.3) is 0 Å². The van der Waals surface area contributed by atoms with Crippen LogP contribution in [0.5, 0.6) is 0 Å². The molecule has 2 aromatic rings. The largest absolute Gasteiger partial charge is 0.369 e. The molecule has 2 aromatic carbocycles. The lowest BCUT2D eigenvalue weighted by atomic mass is 9.72. The van der Waals surface area contributed by atoms with Gasteiger partial charge in [-0.2, -0.15) is 0 Å². The molecule has 5 nitrogen and oxygen atoms in total. The van der Waals surface area contributed by atoms with E-state index in [4.69, 9.17) is 0 Å². The molecule has 4 aliphatic heterocycles. The SMILES string of the molecule is CC(C)c1cccc(N2CCN(CC3CCN(C(C)C)CC3)CC2)c1.CCC(C)N1CC2(CN(Cc3cccc(C(C)C)c3)C2)C1. The van der Waals surface area contributed by atoms with E-state index >= 15 is 0 Å². The number of likely N-dealkylation sites (tertiary alicyclic amines) is 3. The third kappa shape index (κ3) is 9.15. The van der Waals surface area contributed by atoms with E-state index in [2.05, 4.69) is 128 Å². The maximum absolute atomic E-state index is 2.71. The summed E-state index contributed by atoms with van der Waals surface area (Å²) in [6, 6.07) is 19.8. The van der Waals surface area contributed by atoms with E-state index in [1.165, 1.54) is 114 Å². The van der Waals surface area contributed by atoms with Gasteiger partial charge in [0, 0.05) is 88.6 Å². The van der Waals surface area contributed by atoms with Gasteiger partial charge in [-0.3, -0.25) is 14.7 Å². The summed E-state index contributed by atoms with van der Waals surface area (Å²) < 4.78 is 0. The normalized spacial score (nSPS) is 22.2. The standard InChI is InChI=1S/C22H37N3.C19H30N2/c1-18(2)21-6-5-7-22(16-21)25-14-12-23(13-15-25)17-20-8-10-24(11-9-20)19(3)4;1-5-16(4)21-13-19(14-21)11-20(12-19)10-17-7-6-8-18(9-17)15(2)3/h5-7,16,18-20H,8-15,17H2,1-4H3;6-9,15-16H,5,10-14H2,1-4H3. The van der Waals surface area contributed by atoms with Crippen molar-refractivity contribution in [1.29, 1.82) is 0 Å². The minimum atomic E-state index is 0.609. The molecule has 0 bridgehead atoms. The molecule has 0 radical (unpaired) electrons. The molecule has 6 rings (SSSR count). The number of piperidine rings is 1. The van der Waals surface area contributed by atoms with Crippen LogP contribution in [0.25, 0.3) is 0 Å². The van der Waals surface area contributed by atoms with Crippen molar-refractivity contribution in [3.8, 4) is 0 Å². The maximum Gasteiger partial charge on any atom is 0.0369 e. The third-order valence-electron chi connectivity index (χ3n) is 11.6. The molecule has 0 N–H and O–H groups in total. The Morgan fingerprint density at radius 1 is 0.674 bits per heavy atom. The van der Waals surface area contributed by atoms with Crippen LogP contribution in [0, 0.1) is 11.3 Å². The van der Waals surface area contributed by atoms with Crippen molar-refractivity contribution in [3.63, 3.8) is 0 Å². The number of hydrogen-bond donors (Lipinski definition) is 0. The lowest BCUT2D eigenvalue weighted by molar-refractivity contribution is -0.131. The molecule has 0 amide bonds. The van der Waals surface area contributed by atoms with Crippen LogP contribution in [0.1, 0.15) is 103 Å². The Kier molecular flexibility index (Phi) is 12.3. The summed E-state index contributed by atoms with van der Waals surface area (Å²) in [7, 11) is 0. The van der Waals surface area contributed by atoms with Gasteiger partial charge in [0.15, 0.2) is 0 Å². The highest BCUT2D eigenvalue weighted by Gasteiger charge is 2.51. The van der Waals surface area contributed by atoms with Gasteiger partial charge in [-0.05, 0) is 99.7 Å². The minimum absolute atomic E-state index is 0.609. The molecule has 1 unspecified atom stereocenters. The summed E-state index contributed by atoms with van der Waals surface area (Å²) in [6.45, 7) is 33.5. The molecule has 256 valence electrons. The Bertz CT molecular complexity index is 1190. The Balaban J connectivity index is 0.000000184. The molecule has 4 heterocycles. The quantitative estimate of drug-likeness (QED) is 0.266. The molecule has 0 aliphatic carbocycles. The van der Waals surface area contributed by atoms with E-state index in [-0.39, 0.29) is 0 Å². The number of piperazine rings is 1. The summed E-state index contributed by atoms with van der Waals surface area (Å²) in [5.41, 5.74) is 6.45. The van der Waals surface area contributed by atoms with Crippen molar-refractivity contribution < 1.29 is 0 Å². The van der Waals surface area contributed by atoms with Gasteiger partial charge in [0.05, 0.1) is 0 Å². The zero-order valence-corrected chi connectivity index (χ0v) is 30.8. The zero-order valence-electron chi connectivity index (χ0n) is 30.8. The number of anilines is 1. The van der Waals surface area contributed by atoms with E-state index in [9.17, 15) is 0 Å². The third-order valence-corrected chi connectivity index (χ3v) is 11.6. The van der Waals surface area contributed by atoms with Crippen molar-refractivity contribution in [3.05, 3.63) is 65.2 Å². The second-order valence-electron chi connectivity index (χ2n) is 16.3. The first-order valence-corrected chi connectivity index (χ1v) is 18.9. The van der Waals surface area contributed by atoms with Crippen LogP contribution >= 0.6 is 0 Å². The fourth-order valence-electron chi connectivity index (χ4n) is 8.19. The predicted octanol–water partition coefficient (Wildman–Crippen LogP) is 7.78. The number of rotatable bonds is 10. The van der Waals surface area contributed by atoms with E-state index in [0.717, 1.165) is 18.5 Å². The summed E-state index contributed by atoms with van der Waals surface area (Å²) in [5, 5.41) is 0. The maximum atomic E-state index is 2.71. The van der Waals surface area contributed by atoms with Gasteiger partial charge in [-0.15, -0.1) is 0 Å². The Morgan fingerprint density at radius 3 is 1.87 bits per heavy atom. The number of nitrogens with zero attached hydrogens (tertiary/aromatic N) is 5. The molecule has 0 aromatic heterocycles. The second kappa shape index (κ2) is 16.0. The van der Waals surface area contributed by atoms with Crippen molar-refractivity contribution in [2.45, 2.75) is 105 Å². The van der Waals surface area contributed by atoms with Crippen LogP contribution in [0.15, 0.2) is 48.5 Å². The highest BCUT2D eigenvalue weighted by Crippen LogP contribution is 2.41. The summed E-state index contributed by atoms with van der Waals surface area (Å²) in [6.07, 6.45) is 4.05. The summed E-state index contributed by atoms with van der Waals surface area (Å²) in [5.74, 6) is 2.15. The topological polar surface area (TPSA) is 16.2 Å². The van der Waals surface area contributed by atoms with Gasteiger partial charge < -0.3 is 9.80 Å². The number of benzene rings is 2. The fraction of sp³-hybridized carbons (Fsp3) is 0.707. The summed E-state index contributed by atoms with van der Waals surface area (Å²) >= 11 is 0. The first-order chi connectivity index (χ1) is 22.0. The molecular formula is C41H67N5. The van der Waals surface area contributed by atoms with Gasteiger partial charge >= 0.3 is 0 Å². The average molecular weight is 630 g/mol. The monoisotopic (exact) mass is 630 g/mol. The Labute approximate surface area is 283 Å². The Hall–Kier alpha value is -1.92. The van der Waals surface area contributed by atoms with Crippen molar-refractivity contribution in [1.82, 2.24) is 19.6 Å². The molecule has 46 heavy (non-hydrogen) atoms. The second-order valence-corrected chi connectivity index (χ2v) is 16.3. The predicted molar refractivity (Wildman–Crippen MR) is 198 cm³/mol. The summed E-state index contributed by atoms with van der Waals surface area (Å²) in [4.78, 5) is 13.2. The van der Waals surface area contributed by atoms with Gasteiger partial charge in [-0.1, -0.05) is 71.0 Å². The molecular weight excluding hydrogens is 562 g/mol. The molecule has 4 aliphatic rings. The molecule has 0 saturated carbocycles. The first kappa shape index (κ1) is 35.4. The van der Waals surface area contributed by atoms with Crippen LogP contribution < -0.4 is 4.90 Å². The fourth-order valence-corrected chi connectivity index (χ4v) is 8.19. The van der Waals surface area contributed by atoms with Crippen LogP contribution in [0.4, 0.5) is 5.69 Å². The van der Waals surface area contributed by atoms with E-state index in [0.29, 0.717) is 23.3 Å². The lowest BCUT2D eigenvalue weighted by Gasteiger charge is -2.62. The highest BCUT2D eigenvalue weighted by molar-refractivity contribution is 5.49. The van der Waals surface area contributed by atoms with E-state index in [1.54, 1.807) is 0 Å². The van der Waals surface area contributed by atoms with Crippen molar-refractivity contribution in [2.24, 2.45) is 11.3 Å². The zero-order chi connectivity index (χ0) is 32.8.